The molecule has 1 aromatic heterocycles. The van der Waals surface area contributed by atoms with E-state index in [0.717, 1.165) is 25.0 Å². The number of carbonyl (C=O) groups excluding carboxylic acids is 1. The SMILES string of the molecule is Cc1noc(C2CC2)c1NC(=O)N1C[C@@H](C)C[C@@H]1c1ccccc1F. The van der Waals surface area contributed by atoms with Crippen LogP contribution in [-0.2, 0) is 0 Å². The molecule has 5 nitrogen and oxygen atoms in total. The number of nitrogens with zero attached hydrogens (tertiary/aromatic N) is 2. The fourth-order valence-corrected chi connectivity index (χ4v) is 3.65. The average molecular weight is 343 g/mol. The Bertz CT molecular complexity index is 800. The van der Waals surface area contributed by atoms with Crippen LogP contribution in [-0.4, -0.2) is 22.6 Å². The van der Waals surface area contributed by atoms with E-state index in [0.29, 0.717) is 35.3 Å². The minimum atomic E-state index is -0.265. The Balaban J connectivity index is 1.58. The lowest BCUT2D eigenvalue weighted by molar-refractivity contribution is 0.205. The van der Waals surface area contributed by atoms with E-state index in [-0.39, 0.29) is 17.9 Å². The summed E-state index contributed by atoms with van der Waals surface area (Å²) >= 11 is 0. The average Bonchev–Trinajstić information content (AvgIpc) is 3.26. The molecular formula is C19H22FN3O2. The maximum Gasteiger partial charge on any atom is 0.322 e. The van der Waals surface area contributed by atoms with Gasteiger partial charge in [0.25, 0.3) is 0 Å². The van der Waals surface area contributed by atoms with Crippen molar-refractivity contribution in [1.29, 1.82) is 0 Å². The molecule has 1 aromatic carbocycles. The fourth-order valence-electron chi connectivity index (χ4n) is 3.65. The van der Waals surface area contributed by atoms with Gasteiger partial charge in [0, 0.05) is 18.0 Å². The van der Waals surface area contributed by atoms with Crippen LogP contribution < -0.4 is 5.32 Å². The van der Waals surface area contributed by atoms with Gasteiger partial charge in [-0.15, -0.1) is 0 Å². The predicted molar refractivity (Wildman–Crippen MR) is 91.9 cm³/mol. The first-order chi connectivity index (χ1) is 12.0. The molecule has 1 saturated heterocycles. The van der Waals surface area contributed by atoms with E-state index in [1.807, 2.05) is 13.0 Å². The summed E-state index contributed by atoms with van der Waals surface area (Å²) in [6, 6.07) is 6.23. The lowest BCUT2D eigenvalue weighted by atomic mass is 10.0. The number of hydrogen-bond acceptors (Lipinski definition) is 3. The molecule has 1 N–H and O–H groups in total. The van der Waals surface area contributed by atoms with Crippen molar-refractivity contribution in [2.75, 3.05) is 11.9 Å². The smallest absolute Gasteiger partial charge is 0.322 e. The first kappa shape index (κ1) is 16.1. The highest BCUT2D eigenvalue weighted by Crippen LogP contribution is 2.45. The summed E-state index contributed by atoms with van der Waals surface area (Å²) in [5.74, 6) is 1.18. The number of halogens is 1. The van der Waals surface area contributed by atoms with Gasteiger partial charge in [0.1, 0.15) is 17.2 Å². The number of benzene rings is 1. The van der Waals surface area contributed by atoms with Gasteiger partial charge >= 0.3 is 6.03 Å². The minimum Gasteiger partial charge on any atom is -0.359 e. The Morgan fingerprint density at radius 3 is 2.84 bits per heavy atom. The molecule has 2 atom stereocenters. The molecule has 2 aromatic rings. The number of likely N-dealkylation sites (tertiary alicyclic amines) is 1. The Hall–Kier alpha value is -2.37. The number of urea groups is 1. The summed E-state index contributed by atoms with van der Waals surface area (Å²) in [5, 5.41) is 6.97. The van der Waals surface area contributed by atoms with E-state index in [4.69, 9.17) is 4.52 Å². The largest absolute Gasteiger partial charge is 0.359 e. The van der Waals surface area contributed by atoms with E-state index in [1.165, 1.54) is 6.07 Å². The third-order valence-corrected chi connectivity index (χ3v) is 5.10. The van der Waals surface area contributed by atoms with Crippen molar-refractivity contribution < 1.29 is 13.7 Å². The number of aromatic nitrogens is 1. The molecule has 2 aliphatic rings. The zero-order chi connectivity index (χ0) is 17.6. The topological polar surface area (TPSA) is 58.4 Å². The number of rotatable bonds is 3. The van der Waals surface area contributed by atoms with E-state index in [1.54, 1.807) is 17.0 Å². The van der Waals surface area contributed by atoms with Crippen LogP contribution in [0.4, 0.5) is 14.9 Å². The van der Waals surface area contributed by atoms with Crippen molar-refractivity contribution >= 4 is 11.7 Å². The minimum absolute atomic E-state index is 0.217. The third kappa shape index (κ3) is 3.01. The van der Waals surface area contributed by atoms with E-state index < -0.39 is 0 Å². The number of carbonyl (C=O) groups is 1. The first-order valence-corrected chi connectivity index (χ1v) is 8.82. The van der Waals surface area contributed by atoms with Crippen LogP contribution in [0.15, 0.2) is 28.8 Å². The van der Waals surface area contributed by atoms with Gasteiger partial charge in [0.2, 0.25) is 0 Å². The van der Waals surface area contributed by atoms with Gasteiger partial charge in [-0.3, -0.25) is 0 Å². The van der Waals surface area contributed by atoms with Crippen LogP contribution in [0.1, 0.15) is 55.2 Å². The molecule has 25 heavy (non-hydrogen) atoms. The van der Waals surface area contributed by atoms with Gasteiger partial charge in [-0.25, -0.2) is 9.18 Å². The molecule has 2 amide bonds. The normalized spacial score (nSPS) is 23.1. The van der Waals surface area contributed by atoms with Crippen molar-refractivity contribution in [2.45, 2.75) is 45.1 Å². The Kier molecular flexibility index (Phi) is 3.98. The van der Waals surface area contributed by atoms with Gasteiger partial charge in [-0.05, 0) is 38.2 Å². The van der Waals surface area contributed by atoms with Gasteiger partial charge in [-0.2, -0.15) is 0 Å². The van der Waals surface area contributed by atoms with Crippen molar-refractivity contribution in [2.24, 2.45) is 5.92 Å². The lowest BCUT2D eigenvalue weighted by Crippen LogP contribution is -2.35. The van der Waals surface area contributed by atoms with Crippen LogP contribution in [0.5, 0.6) is 0 Å². The molecule has 132 valence electrons. The second-order valence-electron chi connectivity index (χ2n) is 7.24. The molecular weight excluding hydrogens is 321 g/mol. The highest BCUT2D eigenvalue weighted by Gasteiger charge is 2.37. The van der Waals surface area contributed by atoms with Gasteiger partial charge in [0.15, 0.2) is 5.76 Å². The van der Waals surface area contributed by atoms with Crippen molar-refractivity contribution in [3.8, 4) is 0 Å². The molecule has 0 bridgehead atoms. The van der Waals surface area contributed by atoms with Gasteiger partial charge in [-0.1, -0.05) is 30.3 Å². The van der Waals surface area contributed by atoms with E-state index >= 15 is 0 Å². The van der Waals surface area contributed by atoms with Crippen LogP contribution in [0.25, 0.3) is 0 Å². The monoisotopic (exact) mass is 343 g/mol. The highest BCUT2D eigenvalue weighted by molar-refractivity contribution is 5.91. The van der Waals surface area contributed by atoms with Gasteiger partial charge < -0.3 is 14.7 Å². The number of amides is 2. The maximum atomic E-state index is 14.2. The third-order valence-electron chi connectivity index (χ3n) is 5.10. The summed E-state index contributed by atoms with van der Waals surface area (Å²) in [4.78, 5) is 14.7. The Morgan fingerprint density at radius 1 is 1.36 bits per heavy atom. The molecule has 0 unspecified atom stereocenters. The van der Waals surface area contributed by atoms with Gasteiger partial charge in [0.05, 0.1) is 6.04 Å². The second kappa shape index (κ2) is 6.17. The molecule has 1 aliphatic heterocycles. The Morgan fingerprint density at radius 2 is 2.12 bits per heavy atom. The van der Waals surface area contributed by atoms with Crippen LogP contribution in [0.2, 0.25) is 0 Å². The van der Waals surface area contributed by atoms with E-state index in [9.17, 15) is 9.18 Å². The van der Waals surface area contributed by atoms with Crippen LogP contribution in [0.3, 0.4) is 0 Å². The summed E-state index contributed by atoms with van der Waals surface area (Å²) < 4.78 is 19.6. The summed E-state index contributed by atoms with van der Waals surface area (Å²) in [7, 11) is 0. The summed E-state index contributed by atoms with van der Waals surface area (Å²) in [6.07, 6.45) is 2.89. The standard InChI is InChI=1S/C19H22FN3O2/c1-11-9-16(14-5-3-4-6-15(14)20)23(10-11)19(24)21-17-12(2)22-25-18(17)13-7-8-13/h3-6,11,13,16H,7-10H2,1-2H3,(H,21,24)/t11-,16+/m0/s1. The molecule has 2 heterocycles. The summed E-state index contributed by atoms with van der Waals surface area (Å²) in [6.45, 7) is 4.52. The lowest BCUT2D eigenvalue weighted by Gasteiger charge is -2.25. The first-order valence-electron chi connectivity index (χ1n) is 8.82. The van der Waals surface area contributed by atoms with Crippen LogP contribution in [0, 0.1) is 18.7 Å². The molecule has 1 saturated carbocycles. The number of nitrogens with one attached hydrogen (secondary N) is 1. The van der Waals surface area contributed by atoms with Crippen molar-refractivity contribution in [1.82, 2.24) is 10.1 Å². The summed E-state index contributed by atoms with van der Waals surface area (Å²) in [5.41, 5.74) is 1.94. The molecule has 1 aliphatic carbocycles. The second-order valence-corrected chi connectivity index (χ2v) is 7.24. The number of hydrogen-bond donors (Lipinski definition) is 1. The zero-order valence-electron chi connectivity index (χ0n) is 14.5. The zero-order valence-corrected chi connectivity index (χ0v) is 14.5. The molecule has 2 fully saturated rings. The Labute approximate surface area is 146 Å². The fraction of sp³-hybridized carbons (Fsp3) is 0.474. The maximum absolute atomic E-state index is 14.2. The predicted octanol–water partition coefficient (Wildman–Crippen LogP) is 4.61. The number of anilines is 1. The van der Waals surface area contributed by atoms with Crippen molar-refractivity contribution in [3.63, 3.8) is 0 Å². The molecule has 0 spiro atoms. The van der Waals surface area contributed by atoms with Crippen molar-refractivity contribution in [3.05, 3.63) is 47.1 Å². The molecule has 0 radical (unpaired) electrons. The van der Waals surface area contributed by atoms with E-state index in [2.05, 4.69) is 17.4 Å². The highest BCUT2D eigenvalue weighted by atomic mass is 19.1. The van der Waals surface area contributed by atoms with Crippen LogP contribution >= 0.6 is 0 Å². The molecule has 4 rings (SSSR count). The molecule has 6 heteroatoms. The number of aryl methyl sites for hydroxylation is 1. The quantitative estimate of drug-likeness (QED) is 0.885.